The SMILES string of the molecule is CCN(CC)c1ccc(C(=O)c2cccc3c2C(=NN)OC32c3ccc(O)cc3Oc3cc(O)ccc32)c(O)c1. The van der Waals surface area contributed by atoms with Gasteiger partial charge in [0.15, 0.2) is 11.4 Å². The molecule has 0 fully saturated rings. The lowest BCUT2D eigenvalue weighted by Gasteiger charge is -2.36. The molecule has 0 unspecified atom stereocenters. The molecule has 5 N–H and O–H groups in total. The van der Waals surface area contributed by atoms with Gasteiger partial charge in [-0.1, -0.05) is 18.2 Å². The highest BCUT2D eigenvalue weighted by atomic mass is 16.5. The summed E-state index contributed by atoms with van der Waals surface area (Å²) in [7, 11) is 0. The standard InChI is InChI=1S/C31H27N3O6/c1-3-34(4-2)17-8-11-20(25(37)14-17)29(38)21-6-5-7-24-28(21)30(33-32)40-31(24)22-12-9-18(35)15-26(22)39-27-16-19(36)10-13-23(27)31/h5-16,35-37H,3-4,32H2,1-2H3. The Morgan fingerprint density at radius 1 is 0.850 bits per heavy atom. The van der Waals surface area contributed by atoms with Crippen molar-refractivity contribution in [2.45, 2.75) is 19.4 Å². The Bertz CT molecular complexity index is 1660. The molecule has 40 heavy (non-hydrogen) atoms. The Labute approximate surface area is 230 Å². The van der Waals surface area contributed by atoms with Gasteiger partial charge in [0, 0.05) is 59.2 Å². The highest BCUT2D eigenvalue weighted by Gasteiger charge is 2.54. The van der Waals surface area contributed by atoms with E-state index >= 15 is 0 Å². The maximum absolute atomic E-state index is 13.9. The lowest BCUT2D eigenvalue weighted by atomic mass is 9.76. The van der Waals surface area contributed by atoms with Crippen LogP contribution in [-0.2, 0) is 10.3 Å². The van der Waals surface area contributed by atoms with Crippen molar-refractivity contribution in [1.82, 2.24) is 0 Å². The number of carbonyl (C=O) groups is 1. The van der Waals surface area contributed by atoms with Gasteiger partial charge >= 0.3 is 0 Å². The number of hydrogen-bond donors (Lipinski definition) is 4. The van der Waals surface area contributed by atoms with Crippen LogP contribution in [0.15, 0.2) is 77.9 Å². The summed E-state index contributed by atoms with van der Waals surface area (Å²) in [5.74, 6) is 5.88. The highest BCUT2D eigenvalue weighted by molar-refractivity contribution is 6.18. The molecule has 9 heteroatoms. The van der Waals surface area contributed by atoms with Crippen molar-refractivity contribution in [2.75, 3.05) is 18.0 Å². The summed E-state index contributed by atoms with van der Waals surface area (Å²) >= 11 is 0. The Morgan fingerprint density at radius 2 is 1.50 bits per heavy atom. The first-order chi connectivity index (χ1) is 19.3. The minimum Gasteiger partial charge on any atom is -0.508 e. The van der Waals surface area contributed by atoms with Gasteiger partial charge in [-0.25, -0.2) is 0 Å². The number of rotatable bonds is 5. The van der Waals surface area contributed by atoms with E-state index in [2.05, 4.69) is 10.0 Å². The van der Waals surface area contributed by atoms with E-state index in [1.54, 1.807) is 36.4 Å². The van der Waals surface area contributed by atoms with E-state index in [4.69, 9.17) is 15.3 Å². The second-order valence-corrected chi connectivity index (χ2v) is 9.61. The first-order valence-electron chi connectivity index (χ1n) is 12.9. The van der Waals surface area contributed by atoms with Gasteiger partial charge in [-0.2, -0.15) is 0 Å². The number of anilines is 1. The highest BCUT2D eigenvalue weighted by Crippen LogP contribution is 2.57. The minimum absolute atomic E-state index is 0.0176. The van der Waals surface area contributed by atoms with Gasteiger partial charge in [0.25, 0.3) is 0 Å². The van der Waals surface area contributed by atoms with Crippen LogP contribution in [0.25, 0.3) is 0 Å². The van der Waals surface area contributed by atoms with Crippen LogP contribution < -0.4 is 15.5 Å². The van der Waals surface area contributed by atoms with Crippen LogP contribution >= 0.6 is 0 Å². The van der Waals surface area contributed by atoms with Crippen molar-refractivity contribution in [2.24, 2.45) is 10.9 Å². The molecular formula is C31H27N3O6. The fraction of sp³-hybridized carbons (Fsp3) is 0.161. The van der Waals surface area contributed by atoms with Crippen molar-refractivity contribution in [3.63, 3.8) is 0 Å². The molecule has 9 nitrogen and oxygen atoms in total. The summed E-state index contributed by atoms with van der Waals surface area (Å²) < 4.78 is 12.6. The van der Waals surface area contributed by atoms with Gasteiger partial charge in [-0.05, 0) is 50.2 Å². The molecule has 202 valence electrons. The molecule has 0 bridgehead atoms. The van der Waals surface area contributed by atoms with Crippen molar-refractivity contribution in [3.05, 3.63) is 106 Å². The molecule has 2 aliphatic rings. The van der Waals surface area contributed by atoms with Crippen LogP contribution in [0.4, 0.5) is 5.69 Å². The summed E-state index contributed by atoms with van der Waals surface area (Å²) in [5.41, 5.74) is 1.90. The maximum atomic E-state index is 13.9. The molecule has 0 aromatic heterocycles. The van der Waals surface area contributed by atoms with Gasteiger partial charge < -0.3 is 35.5 Å². The number of phenolic OH excluding ortho intramolecular Hbond substituents is 3. The number of phenols is 3. The summed E-state index contributed by atoms with van der Waals surface area (Å²) in [4.78, 5) is 16.0. The van der Waals surface area contributed by atoms with Crippen molar-refractivity contribution in [3.8, 4) is 28.7 Å². The zero-order valence-corrected chi connectivity index (χ0v) is 21.9. The zero-order chi connectivity index (χ0) is 28.2. The largest absolute Gasteiger partial charge is 0.508 e. The number of hydrazone groups is 1. The summed E-state index contributed by atoms with van der Waals surface area (Å²) in [6, 6.07) is 19.5. The van der Waals surface area contributed by atoms with Crippen LogP contribution in [0.1, 0.15) is 52.0 Å². The molecular weight excluding hydrogens is 510 g/mol. The predicted octanol–water partition coefficient (Wildman–Crippen LogP) is 4.93. The van der Waals surface area contributed by atoms with E-state index in [0.717, 1.165) is 18.8 Å². The normalized spacial score (nSPS) is 15.1. The smallest absolute Gasteiger partial charge is 0.240 e. The van der Waals surface area contributed by atoms with Crippen LogP contribution in [-0.4, -0.2) is 40.1 Å². The van der Waals surface area contributed by atoms with Gasteiger partial charge in [0.2, 0.25) is 5.90 Å². The Kier molecular flexibility index (Phi) is 5.80. The van der Waals surface area contributed by atoms with Crippen LogP contribution in [0.3, 0.4) is 0 Å². The zero-order valence-electron chi connectivity index (χ0n) is 21.9. The van der Waals surface area contributed by atoms with Gasteiger partial charge in [-0.15, -0.1) is 5.10 Å². The van der Waals surface area contributed by atoms with E-state index < -0.39 is 11.4 Å². The molecule has 0 saturated carbocycles. The number of carbonyl (C=O) groups excluding carboxylic acids is 1. The topological polar surface area (TPSA) is 138 Å². The number of ketones is 1. The van der Waals surface area contributed by atoms with E-state index in [1.807, 2.05) is 26.0 Å². The number of nitrogens with two attached hydrogens (primary N) is 1. The third-order valence-corrected chi connectivity index (χ3v) is 7.53. The number of hydrogen-bond acceptors (Lipinski definition) is 9. The first kappa shape index (κ1) is 25.1. The lowest BCUT2D eigenvalue weighted by molar-refractivity contribution is 0.103. The number of aromatic hydroxyl groups is 3. The fourth-order valence-corrected chi connectivity index (χ4v) is 5.69. The van der Waals surface area contributed by atoms with Crippen LogP contribution in [0.2, 0.25) is 0 Å². The monoisotopic (exact) mass is 537 g/mol. The maximum Gasteiger partial charge on any atom is 0.240 e. The van der Waals surface area contributed by atoms with Gasteiger partial charge in [0.05, 0.1) is 11.1 Å². The quantitative estimate of drug-likeness (QED) is 0.160. The van der Waals surface area contributed by atoms with E-state index in [1.165, 1.54) is 24.3 Å². The van der Waals surface area contributed by atoms with E-state index in [9.17, 15) is 20.1 Å². The van der Waals surface area contributed by atoms with Crippen LogP contribution in [0, 0.1) is 0 Å². The van der Waals surface area contributed by atoms with Crippen molar-refractivity contribution in [1.29, 1.82) is 0 Å². The van der Waals surface area contributed by atoms with E-state index in [0.29, 0.717) is 33.8 Å². The summed E-state index contributed by atoms with van der Waals surface area (Å²) in [6.07, 6.45) is 0. The molecule has 2 heterocycles. The average molecular weight is 538 g/mol. The molecule has 0 saturated heterocycles. The molecule has 0 radical (unpaired) electrons. The molecule has 2 aliphatic heterocycles. The Hall–Kier alpha value is -5.18. The van der Waals surface area contributed by atoms with Gasteiger partial charge in [0.1, 0.15) is 28.7 Å². The predicted molar refractivity (Wildman–Crippen MR) is 150 cm³/mol. The molecule has 0 amide bonds. The lowest BCUT2D eigenvalue weighted by Crippen LogP contribution is -2.33. The molecule has 0 aliphatic carbocycles. The van der Waals surface area contributed by atoms with Crippen LogP contribution in [0.5, 0.6) is 28.7 Å². The molecule has 4 aromatic carbocycles. The average Bonchev–Trinajstić information content (AvgIpc) is 3.28. The molecule has 0 atom stereocenters. The fourth-order valence-electron chi connectivity index (χ4n) is 5.69. The minimum atomic E-state index is -1.34. The van der Waals surface area contributed by atoms with Crippen molar-refractivity contribution >= 4 is 17.4 Å². The number of benzene rings is 4. The van der Waals surface area contributed by atoms with E-state index in [-0.39, 0.29) is 34.3 Å². The third-order valence-electron chi connectivity index (χ3n) is 7.53. The number of nitrogens with zero attached hydrogens (tertiary/aromatic N) is 2. The second kappa shape index (κ2) is 9.23. The van der Waals surface area contributed by atoms with Crippen molar-refractivity contribution < 1.29 is 29.6 Å². The summed E-state index contributed by atoms with van der Waals surface area (Å²) in [6.45, 7) is 5.55. The first-order valence-corrected chi connectivity index (χ1v) is 12.9. The molecule has 4 aromatic rings. The Balaban J connectivity index is 1.57. The second-order valence-electron chi connectivity index (χ2n) is 9.61. The third kappa shape index (κ3) is 3.54. The Morgan fingerprint density at radius 3 is 2.08 bits per heavy atom. The number of ether oxygens (including phenoxy) is 2. The summed E-state index contributed by atoms with van der Waals surface area (Å²) in [5, 5.41) is 35.2. The molecule has 1 spiro atoms. The number of fused-ring (bicyclic) bond motifs is 6. The van der Waals surface area contributed by atoms with Gasteiger partial charge in [-0.3, -0.25) is 4.79 Å². The molecule has 6 rings (SSSR count).